The molecule has 0 aromatic heterocycles. The molecule has 0 aliphatic heterocycles. The maximum Gasteiger partial charge on any atom is 0.240 e. The number of hydrogen-bond donors (Lipinski definition) is 1. The first kappa shape index (κ1) is 15.0. The molecule has 0 unspecified atom stereocenters. The molecule has 0 radical (unpaired) electrons. The number of nitrogens with one attached hydrogen (secondary N) is 1. The Labute approximate surface area is 127 Å². The first-order valence-electron chi connectivity index (χ1n) is 6.01. The third kappa shape index (κ3) is 4.33. The van der Waals surface area contributed by atoms with Crippen LogP contribution in [-0.4, -0.2) is 21.6 Å². The van der Waals surface area contributed by atoms with Crippen molar-refractivity contribution in [2.75, 3.05) is 13.2 Å². The molecular formula is C14H14BrNO3S. The Morgan fingerprint density at radius 2 is 1.65 bits per heavy atom. The molecule has 2 aromatic carbocycles. The van der Waals surface area contributed by atoms with Gasteiger partial charge < -0.3 is 4.74 Å². The first-order valence-corrected chi connectivity index (χ1v) is 8.29. The smallest absolute Gasteiger partial charge is 0.240 e. The van der Waals surface area contributed by atoms with E-state index in [-0.39, 0.29) is 18.0 Å². The molecule has 0 aliphatic carbocycles. The summed E-state index contributed by atoms with van der Waals surface area (Å²) in [5, 5.41) is 0. The van der Waals surface area contributed by atoms with Gasteiger partial charge in [0.1, 0.15) is 12.4 Å². The second kappa shape index (κ2) is 6.88. The molecule has 1 N–H and O–H groups in total. The van der Waals surface area contributed by atoms with Crippen molar-refractivity contribution in [1.29, 1.82) is 0 Å². The van der Waals surface area contributed by atoms with E-state index in [0.29, 0.717) is 0 Å². The number of hydrogen-bond acceptors (Lipinski definition) is 3. The molecule has 4 nitrogen and oxygen atoms in total. The summed E-state index contributed by atoms with van der Waals surface area (Å²) in [7, 11) is -3.48. The lowest BCUT2D eigenvalue weighted by atomic mass is 10.3. The summed E-state index contributed by atoms with van der Waals surface area (Å²) in [5.74, 6) is 0.718. The quantitative estimate of drug-likeness (QED) is 0.810. The van der Waals surface area contributed by atoms with Crippen LogP contribution in [0, 0.1) is 0 Å². The summed E-state index contributed by atoms with van der Waals surface area (Å²) in [6.45, 7) is 0.493. The van der Waals surface area contributed by atoms with Crippen LogP contribution in [0.4, 0.5) is 0 Å². The molecule has 20 heavy (non-hydrogen) atoms. The summed E-state index contributed by atoms with van der Waals surface area (Å²) < 4.78 is 32.7. The fourth-order valence-electron chi connectivity index (χ4n) is 1.56. The lowest BCUT2D eigenvalue weighted by Crippen LogP contribution is -2.28. The van der Waals surface area contributed by atoms with E-state index in [9.17, 15) is 8.42 Å². The monoisotopic (exact) mass is 355 g/mol. The summed E-state index contributed by atoms with van der Waals surface area (Å²) in [6.07, 6.45) is 0. The Morgan fingerprint density at radius 3 is 2.30 bits per heavy atom. The standard InChI is InChI=1S/C14H14BrNO3S/c15-12-6-8-14(9-7-12)20(17,18)16-10-11-19-13-4-2-1-3-5-13/h1-9,16H,10-11H2. The van der Waals surface area contributed by atoms with Crippen LogP contribution in [-0.2, 0) is 10.0 Å². The Bertz CT molecular complexity index is 642. The highest BCUT2D eigenvalue weighted by molar-refractivity contribution is 9.10. The van der Waals surface area contributed by atoms with Crippen LogP contribution in [0.15, 0.2) is 64.0 Å². The van der Waals surface area contributed by atoms with Crippen molar-refractivity contribution in [1.82, 2.24) is 4.72 Å². The van der Waals surface area contributed by atoms with Crippen LogP contribution in [0.3, 0.4) is 0 Å². The van der Waals surface area contributed by atoms with Gasteiger partial charge >= 0.3 is 0 Å². The molecule has 6 heteroatoms. The number of para-hydroxylation sites is 1. The van der Waals surface area contributed by atoms with E-state index < -0.39 is 10.0 Å². The molecule has 0 spiro atoms. The largest absolute Gasteiger partial charge is 0.492 e. The SMILES string of the molecule is O=S(=O)(NCCOc1ccccc1)c1ccc(Br)cc1. The second-order valence-electron chi connectivity index (χ2n) is 4.01. The van der Waals surface area contributed by atoms with Gasteiger partial charge in [0.15, 0.2) is 0 Å². The predicted molar refractivity (Wildman–Crippen MR) is 81.3 cm³/mol. The number of benzene rings is 2. The molecule has 0 amide bonds. The zero-order valence-corrected chi connectivity index (χ0v) is 13.0. The third-order valence-electron chi connectivity index (χ3n) is 2.53. The van der Waals surface area contributed by atoms with Gasteiger partial charge in [-0.05, 0) is 36.4 Å². The zero-order valence-electron chi connectivity index (χ0n) is 10.6. The van der Waals surface area contributed by atoms with E-state index in [1.165, 1.54) is 0 Å². The topological polar surface area (TPSA) is 55.4 Å². The van der Waals surface area contributed by atoms with E-state index in [2.05, 4.69) is 20.7 Å². The van der Waals surface area contributed by atoms with Crippen molar-refractivity contribution in [3.8, 4) is 5.75 Å². The highest BCUT2D eigenvalue weighted by Gasteiger charge is 2.12. The maximum atomic E-state index is 12.0. The van der Waals surface area contributed by atoms with Gasteiger partial charge in [-0.1, -0.05) is 34.1 Å². The summed E-state index contributed by atoms with van der Waals surface area (Å²) in [6, 6.07) is 15.7. The van der Waals surface area contributed by atoms with Crippen LogP contribution >= 0.6 is 15.9 Å². The van der Waals surface area contributed by atoms with Gasteiger partial charge in [0.2, 0.25) is 10.0 Å². The summed E-state index contributed by atoms with van der Waals surface area (Å²) >= 11 is 3.27. The molecule has 0 atom stereocenters. The fourth-order valence-corrected chi connectivity index (χ4v) is 2.84. The zero-order chi connectivity index (χ0) is 14.4. The van der Waals surface area contributed by atoms with Crippen LogP contribution in [0.5, 0.6) is 5.75 Å². The van der Waals surface area contributed by atoms with Gasteiger partial charge in [0.05, 0.1) is 4.90 Å². The minimum atomic E-state index is -3.48. The first-order chi connectivity index (χ1) is 9.58. The Hall–Kier alpha value is -1.37. The van der Waals surface area contributed by atoms with Crippen molar-refractivity contribution in [2.45, 2.75) is 4.90 Å². The van der Waals surface area contributed by atoms with E-state index in [0.717, 1.165) is 10.2 Å². The maximum absolute atomic E-state index is 12.0. The van der Waals surface area contributed by atoms with Crippen molar-refractivity contribution >= 4 is 26.0 Å². The molecule has 0 aliphatic rings. The molecule has 106 valence electrons. The van der Waals surface area contributed by atoms with Crippen molar-refractivity contribution in [2.24, 2.45) is 0 Å². The van der Waals surface area contributed by atoms with Gasteiger partial charge in [-0.3, -0.25) is 0 Å². The number of ether oxygens (including phenoxy) is 1. The number of halogens is 1. The fraction of sp³-hybridized carbons (Fsp3) is 0.143. The van der Waals surface area contributed by atoms with Crippen LogP contribution in [0.25, 0.3) is 0 Å². The molecule has 2 aromatic rings. The minimum absolute atomic E-state index is 0.216. The molecule has 2 rings (SSSR count). The van der Waals surface area contributed by atoms with Gasteiger partial charge in [-0.15, -0.1) is 0 Å². The van der Waals surface area contributed by atoms with Crippen molar-refractivity contribution < 1.29 is 13.2 Å². The van der Waals surface area contributed by atoms with Gasteiger partial charge in [0, 0.05) is 11.0 Å². The molecule has 0 heterocycles. The van der Waals surface area contributed by atoms with Gasteiger partial charge in [0.25, 0.3) is 0 Å². The summed E-state index contributed by atoms with van der Waals surface area (Å²) in [4.78, 5) is 0.236. The highest BCUT2D eigenvalue weighted by atomic mass is 79.9. The molecule has 0 fully saturated rings. The predicted octanol–water partition coefficient (Wildman–Crippen LogP) is 2.81. The van der Waals surface area contributed by atoms with Gasteiger partial charge in [-0.2, -0.15) is 0 Å². The van der Waals surface area contributed by atoms with E-state index in [1.807, 2.05) is 30.3 Å². The highest BCUT2D eigenvalue weighted by Crippen LogP contribution is 2.14. The number of sulfonamides is 1. The van der Waals surface area contributed by atoms with Crippen LogP contribution < -0.4 is 9.46 Å². The third-order valence-corrected chi connectivity index (χ3v) is 4.54. The average molecular weight is 356 g/mol. The van der Waals surface area contributed by atoms with Crippen molar-refractivity contribution in [3.05, 3.63) is 59.1 Å². The molecule has 0 bridgehead atoms. The van der Waals surface area contributed by atoms with E-state index in [1.54, 1.807) is 24.3 Å². The number of rotatable bonds is 6. The van der Waals surface area contributed by atoms with Gasteiger partial charge in [-0.25, -0.2) is 13.1 Å². The molecule has 0 saturated heterocycles. The normalized spacial score (nSPS) is 11.2. The Balaban J connectivity index is 1.85. The average Bonchev–Trinajstić information content (AvgIpc) is 2.45. The van der Waals surface area contributed by atoms with Crippen LogP contribution in [0.2, 0.25) is 0 Å². The molecule has 0 saturated carbocycles. The molecular weight excluding hydrogens is 342 g/mol. The Morgan fingerprint density at radius 1 is 1.00 bits per heavy atom. The van der Waals surface area contributed by atoms with E-state index >= 15 is 0 Å². The van der Waals surface area contributed by atoms with E-state index in [4.69, 9.17) is 4.74 Å². The lowest BCUT2D eigenvalue weighted by molar-refractivity contribution is 0.323. The minimum Gasteiger partial charge on any atom is -0.492 e. The van der Waals surface area contributed by atoms with Crippen molar-refractivity contribution in [3.63, 3.8) is 0 Å². The Kier molecular flexibility index (Phi) is 5.17. The summed E-state index contributed by atoms with van der Waals surface area (Å²) in [5.41, 5.74) is 0. The second-order valence-corrected chi connectivity index (χ2v) is 6.70. The lowest BCUT2D eigenvalue weighted by Gasteiger charge is -2.08. The van der Waals surface area contributed by atoms with Crippen LogP contribution in [0.1, 0.15) is 0 Å².